The summed E-state index contributed by atoms with van der Waals surface area (Å²) in [5.74, 6) is -0.202. The van der Waals surface area contributed by atoms with Crippen LogP contribution in [0.4, 0.5) is 0 Å². The highest BCUT2D eigenvalue weighted by atomic mass is 16.1. The molecule has 0 radical (unpaired) electrons. The molecule has 0 unspecified atom stereocenters. The van der Waals surface area contributed by atoms with Crippen LogP contribution in [0, 0.1) is 13.8 Å². The van der Waals surface area contributed by atoms with Gasteiger partial charge in [-0.3, -0.25) is 14.6 Å². The fourth-order valence-electron chi connectivity index (χ4n) is 3.39. The minimum Gasteiger partial charge on any atom is -0.349 e. The number of benzene rings is 1. The van der Waals surface area contributed by atoms with Gasteiger partial charge in [-0.2, -0.15) is 10.2 Å². The van der Waals surface area contributed by atoms with E-state index in [-0.39, 0.29) is 11.9 Å². The second kappa shape index (κ2) is 7.30. The fourth-order valence-corrected chi connectivity index (χ4v) is 3.39. The molecule has 0 spiro atoms. The van der Waals surface area contributed by atoms with Crippen molar-refractivity contribution in [3.05, 3.63) is 65.5 Å². The standard InChI is InChI=1S/C20H23N7O/c1-13-8-14(2)27(25-13)15(3)10-21-20(28)18-9-16(23-24-18)11-26-12-22-17-6-4-5-7-19(17)26/h4-9,12,15H,10-11H2,1-3H3,(H,21,28)(H,23,24)/t15-/m1/s1. The number of hydrogen-bond donors (Lipinski definition) is 2. The van der Waals surface area contributed by atoms with Crippen LogP contribution in [0.15, 0.2) is 42.7 Å². The molecule has 0 aliphatic heterocycles. The molecule has 0 saturated carbocycles. The number of amides is 1. The first-order valence-electron chi connectivity index (χ1n) is 9.26. The Labute approximate surface area is 162 Å². The van der Waals surface area contributed by atoms with Crippen LogP contribution in [0.5, 0.6) is 0 Å². The zero-order chi connectivity index (χ0) is 19.7. The molecule has 4 aromatic rings. The van der Waals surface area contributed by atoms with Gasteiger partial charge in [-0.15, -0.1) is 0 Å². The molecule has 0 saturated heterocycles. The maximum Gasteiger partial charge on any atom is 0.271 e. The number of nitrogens with one attached hydrogen (secondary N) is 2. The van der Waals surface area contributed by atoms with Gasteiger partial charge in [0.25, 0.3) is 5.91 Å². The van der Waals surface area contributed by atoms with Crippen molar-refractivity contribution in [3.63, 3.8) is 0 Å². The molecule has 2 N–H and O–H groups in total. The number of fused-ring (bicyclic) bond motifs is 1. The Kier molecular flexibility index (Phi) is 4.68. The SMILES string of the molecule is Cc1cc(C)n([C@H](C)CNC(=O)c2cc(Cn3cnc4ccccc43)[nH]n2)n1. The van der Waals surface area contributed by atoms with Crippen molar-refractivity contribution < 1.29 is 4.79 Å². The van der Waals surface area contributed by atoms with Gasteiger partial charge in [0.15, 0.2) is 0 Å². The summed E-state index contributed by atoms with van der Waals surface area (Å²) in [6, 6.07) is 11.8. The number of H-pyrrole nitrogens is 1. The number of aromatic nitrogens is 6. The normalized spacial score (nSPS) is 12.4. The van der Waals surface area contributed by atoms with E-state index in [1.54, 1.807) is 12.4 Å². The molecule has 0 aliphatic carbocycles. The Hall–Kier alpha value is -3.42. The molecule has 3 heterocycles. The maximum atomic E-state index is 12.5. The monoisotopic (exact) mass is 377 g/mol. The molecule has 0 bridgehead atoms. The summed E-state index contributed by atoms with van der Waals surface area (Å²) in [6.45, 7) is 7.06. The average molecular weight is 377 g/mol. The van der Waals surface area contributed by atoms with Crippen molar-refractivity contribution in [1.29, 1.82) is 0 Å². The predicted octanol–water partition coefficient (Wildman–Crippen LogP) is 2.61. The number of nitrogens with zero attached hydrogens (tertiary/aromatic N) is 5. The molecule has 144 valence electrons. The van der Waals surface area contributed by atoms with Gasteiger partial charge in [-0.25, -0.2) is 4.98 Å². The van der Waals surface area contributed by atoms with Crippen LogP contribution in [-0.2, 0) is 6.54 Å². The molecule has 28 heavy (non-hydrogen) atoms. The molecule has 8 heteroatoms. The number of imidazole rings is 1. The van der Waals surface area contributed by atoms with Crippen LogP contribution in [0.2, 0.25) is 0 Å². The van der Waals surface area contributed by atoms with E-state index in [0.717, 1.165) is 28.1 Å². The van der Waals surface area contributed by atoms with Crippen LogP contribution in [0.25, 0.3) is 11.0 Å². The lowest BCUT2D eigenvalue weighted by atomic mass is 10.3. The lowest BCUT2D eigenvalue weighted by Gasteiger charge is -2.14. The highest BCUT2D eigenvalue weighted by Crippen LogP contribution is 2.14. The molecule has 3 aromatic heterocycles. The van der Waals surface area contributed by atoms with E-state index in [4.69, 9.17) is 0 Å². The predicted molar refractivity (Wildman–Crippen MR) is 106 cm³/mol. The molecular weight excluding hydrogens is 354 g/mol. The summed E-state index contributed by atoms with van der Waals surface area (Å²) < 4.78 is 3.95. The molecular formula is C20H23N7O. The van der Waals surface area contributed by atoms with Crippen LogP contribution >= 0.6 is 0 Å². The topological polar surface area (TPSA) is 93.4 Å². The van der Waals surface area contributed by atoms with E-state index >= 15 is 0 Å². The van der Waals surface area contributed by atoms with Gasteiger partial charge >= 0.3 is 0 Å². The number of para-hydroxylation sites is 2. The second-order valence-corrected chi connectivity index (χ2v) is 7.07. The minimum absolute atomic E-state index is 0.0633. The smallest absolute Gasteiger partial charge is 0.271 e. The first-order chi connectivity index (χ1) is 13.5. The number of rotatable bonds is 6. The molecule has 0 aliphatic rings. The zero-order valence-corrected chi connectivity index (χ0v) is 16.2. The van der Waals surface area contributed by atoms with Gasteiger partial charge in [0.05, 0.1) is 41.3 Å². The molecule has 1 atom stereocenters. The lowest BCUT2D eigenvalue weighted by Crippen LogP contribution is -2.30. The van der Waals surface area contributed by atoms with E-state index in [0.29, 0.717) is 18.8 Å². The zero-order valence-electron chi connectivity index (χ0n) is 16.2. The van der Waals surface area contributed by atoms with Gasteiger partial charge in [-0.1, -0.05) is 12.1 Å². The number of carbonyl (C=O) groups excluding carboxylic acids is 1. The van der Waals surface area contributed by atoms with E-state index in [9.17, 15) is 4.79 Å². The molecule has 4 rings (SSSR count). The third kappa shape index (κ3) is 3.53. The molecule has 1 amide bonds. The van der Waals surface area contributed by atoms with Gasteiger partial charge < -0.3 is 9.88 Å². The van der Waals surface area contributed by atoms with E-state index in [2.05, 4.69) is 25.6 Å². The van der Waals surface area contributed by atoms with Crippen LogP contribution in [0.1, 0.15) is 40.5 Å². The molecule has 0 fully saturated rings. The maximum absolute atomic E-state index is 12.5. The van der Waals surface area contributed by atoms with Gasteiger partial charge in [0, 0.05) is 12.2 Å². The summed E-state index contributed by atoms with van der Waals surface area (Å²) in [6.07, 6.45) is 1.79. The highest BCUT2D eigenvalue weighted by molar-refractivity contribution is 5.92. The van der Waals surface area contributed by atoms with Crippen molar-refractivity contribution in [1.82, 2.24) is 34.8 Å². The average Bonchev–Trinajstić information content (AvgIpc) is 3.39. The highest BCUT2D eigenvalue weighted by Gasteiger charge is 2.14. The number of hydrogen-bond acceptors (Lipinski definition) is 4. The Bertz CT molecular complexity index is 1120. The summed E-state index contributed by atoms with van der Waals surface area (Å²) in [7, 11) is 0. The van der Waals surface area contributed by atoms with Crippen molar-refractivity contribution in [3.8, 4) is 0 Å². The third-order valence-corrected chi connectivity index (χ3v) is 4.75. The minimum atomic E-state index is -0.202. The first kappa shape index (κ1) is 18.0. The lowest BCUT2D eigenvalue weighted by molar-refractivity contribution is 0.0942. The fraction of sp³-hybridized carbons (Fsp3) is 0.300. The largest absolute Gasteiger partial charge is 0.349 e. The molecule has 8 nitrogen and oxygen atoms in total. The summed E-state index contributed by atoms with van der Waals surface area (Å²) in [5.41, 5.74) is 5.26. The second-order valence-electron chi connectivity index (χ2n) is 7.07. The Balaban J connectivity index is 1.39. The first-order valence-corrected chi connectivity index (χ1v) is 9.26. The summed E-state index contributed by atoms with van der Waals surface area (Å²) in [5, 5.41) is 14.5. The Morgan fingerprint density at radius 1 is 1.25 bits per heavy atom. The Morgan fingerprint density at radius 2 is 2.07 bits per heavy atom. The number of carbonyl (C=O) groups is 1. The van der Waals surface area contributed by atoms with Gasteiger partial charge in [0.2, 0.25) is 0 Å². The van der Waals surface area contributed by atoms with E-state index < -0.39 is 0 Å². The van der Waals surface area contributed by atoms with Crippen LogP contribution < -0.4 is 5.32 Å². The number of aryl methyl sites for hydroxylation is 2. The van der Waals surface area contributed by atoms with Gasteiger partial charge in [-0.05, 0) is 45.0 Å². The summed E-state index contributed by atoms with van der Waals surface area (Å²) >= 11 is 0. The third-order valence-electron chi connectivity index (χ3n) is 4.75. The number of aromatic amines is 1. The van der Waals surface area contributed by atoms with E-state index in [1.807, 2.05) is 60.4 Å². The van der Waals surface area contributed by atoms with Crippen LogP contribution in [-0.4, -0.2) is 42.0 Å². The quantitative estimate of drug-likeness (QED) is 0.540. The van der Waals surface area contributed by atoms with Crippen molar-refractivity contribution in [2.24, 2.45) is 0 Å². The van der Waals surface area contributed by atoms with Gasteiger partial charge in [0.1, 0.15) is 5.69 Å². The Morgan fingerprint density at radius 3 is 2.86 bits per heavy atom. The molecule has 1 aromatic carbocycles. The summed E-state index contributed by atoms with van der Waals surface area (Å²) in [4.78, 5) is 16.8. The van der Waals surface area contributed by atoms with Crippen molar-refractivity contribution >= 4 is 16.9 Å². The van der Waals surface area contributed by atoms with E-state index in [1.165, 1.54) is 0 Å². The van der Waals surface area contributed by atoms with Crippen LogP contribution in [0.3, 0.4) is 0 Å². The van der Waals surface area contributed by atoms with Crippen molar-refractivity contribution in [2.75, 3.05) is 6.54 Å². The van der Waals surface area contributed by atoms with Crippen molar-refractivity contribution in [2.45, 2.75) is 33.4 Å².